The normalized spacial score (nSPS) is 13.9. The van der Waals surface area contributed by atoms with E-state index in [4.69, 9.17) is 22.9 Å². The maximum absolute atomic E-state index is 13.2. The molecule has 0 aromatic heterocycles. The molecule has 1 rings (SSSR count). The fourth-order valence-corrected chi connectivity index (χ4v) is 3.81. The Bertz CT molecular complexity index is 997. The number of unbranched alkanes of at least 4 members (excludes halogenated alkanes) is 1. The monoisotopic (exact) mass is 564 g/mol. The quantitative estimate of drug-likeness (QED) is 0.0574. The molecule has 3 amide bonds. The first-order valence-electron chi connectivity index (χ1n) is 13.3. The summed E-state index contributed by atoms with van der Waals surface area (Å²) >= 11 is 0. The molecule has 4 atom stereocenters. The molecule has 1 aromatic rings. The van der Waals surface area contributed by atoms with Gasteiger partial charge in [0, 0.05) is 13.0 Å². The fraction of sp³-hybridized carbons (Fsp3) is 0.577. The summed E-state index contributed by atoms with van der Waals surface area (Å²) in [6.07, 6.45) is 2.03. The van der Waals surface area contributed by atoms with E-state index in [-0.39, 0.29) is 36.9 Å². The number of carboxylic acid groups (broad SMARTS) is 1. The predicted molar refractivity (Wildman–Crippen MR) is 151 cm³/mol. The minimum Gasteiger partial charge on any atom is -0.508 e. The lowest BCUT2D eigenvalue weighted by Gasteiger charge is -2.27. The third-order valence-electron chi connectivity index (χ3n) is 6.12. The SMILES string of the molecule is CC(C)C(NC(=O)C(N)CCCN=C(N)N)C(=O)NC(CCCCN)C(=O)NC(Cc1ccc(O)cc1)C(=O)O. The molecule has 0 saturated heterocycles. The number of nitrogens with two attached hydrogens (primary N) is 4. The molecule has 224 valence electrons. The molecule has 4 unspecified atom stereocenters. The van der Waals surface area contributed by atoms with Gasteiger partial charge in [0.2, 0.25) is 17.7 Å². The van der Waals surface area contributed by atoms with Crippen molar-refractivity contribution >= 4 is 29.7 Å². The number of phenols is 1. The summed E-state index contributed by atoms with van der Waals surface area (Å²) in [6.45, 7) is 4.15. The Hall–Kier alpha value is -3.91. The lowest BCUT2D eigenvalue weighted by Crippen LogP contribution is -2.58. The van der Waals surface area contributed by atoms with E-state index in [9.17, 15) is 29.4 Å². The van der Waals surface area contributed by atoms with Crippen molar-refractivity contribution in [3.8, 4) is 5.75 Å². The first kappa shape index (κ1) is 34.1. The van der Waals surface area contributed by atoms with Crippen LogP contribution < -0.4 is 38.9 Å². The first-order chi connectivity index (χ1) is 18.8. The molecular formula is C26H44N8O6. The zero-order valence-electron chi connectivity index (χ0n) is 23.1. The molecule has 0 heterocycles. The summed E-state index contributed by atoms with van der Waals surface area (Å²) in [5, 5.41) is 26.9. The largest absolute Gasteiger partial charge is 0.508 e. The molecule has 13 N–H and O–H groups in total. The van der Waals surface area contributed by atoms with E-state index in [1.165, 1.54) is 12.1 Å². The molecule has 0 aliphatic carbocycles. The Morgan fingerprint density at radius 3 is 2.05 bits per heavy atom. The van der Waals surface area contributed by atoms with Crippen LogP contribution in [0, 0.1) is 5.92 Å². The Morgan fingerprint density at radius 2 is 1.50 bits per heavy atom. The number of hydrogen-bond acceptors (Lipinski definition) is 8. The van der Waals surface area contributed by atoms with E-state index >= 15 is 0 Å². The topological polar surface area (TPSA) is 261 Å². The zero-order valence-corrected chi connectivity index (χ0v) is 23.1. The maximum Gasteiger partial charge on any atom is 0.326 e. The molecule has 0 fully saturated rings. The molecule has 1 aromatic carbocycles. The molecule has 0 saturated carbocycles. The van der Waals surface area contributed by atoms with Gasteiger partial charge in [-0.25, -0.2) is 4.79 Å². The molecule has 14 nitrogen and oxygen atoms in total. The lowest BCUT2D eigenvalue weighted by atomic mass is 10.0. The number of aliphatic carboxylic acids is 1. The molecule has 14 heteroatoms. The number of carbonyl (C=O) groups is 4. The van der Waals surface area contributed by atoms with Gasteiger partial charge in [-0.15, -0.1) is 0 Å². The molecule has 40 heavy (non-hydrogen) atoms. The van der Waals surface area contributed by atoms with Crippen LogP contribution in [0.1, 0.15) is 51.5 Å². The van der Waals surface area contributed by atoms with Crippen molar-refractivity contribution in [2.75, 3.05) is 13.1 Å². The highest BCUT2D eigenvalue weighted by Crippen LogP contribution is 2.12. The molecule has 0 radical (unpaired) electrons. The average molecular weight is 565 g/mol. The Kier molecular flexibility index (Phi) is 15.0. The molecule has 0 aliphatic rings. The van der Waals surface area contributed by atoms with Gasteiger partial charge in [0.05, 0.1) is 6.04 Å². The van der Waals surface area contributed by atoms with Crippen LogP contribution in [0.25, 0.3) is 0 Å². The number of carboxylic acids is 1. The van der Waals surface area contributed by atoms with Gasteiger partial charge in [-0.3, -0.25) is 19.4 Å². The summed E-state index contributed by atoms with van der Waals surface area (Å²) in [5.41, 5.74) is 22.7. The van der Waals surface area contributed by atoms with Crippen LogP contribution in [0.3, 0.4) is 0 Å². The van der Waals surface area contributed by atoms with Crippen LogP contribution >= 0.6 is 0 Å². The standard InChI is InChI=1S/C26H44N8O6/c1-15(2)21(34-22(36)18(28)6-5-13-31-26(29)30)24(38)32-19(7-3-4-12-27)23(37)33-20(25(39)40)14-16-8-10-17(35)11-9-16/h8-11,15,18-21,35H,3-7,12-14,27-28H2,1-2H3,(H,32,38)(H,33,37)(H,34,36)(H,39,40)(H4,29,30,31). The predicted octanol–water partition coefficient (Wildman–Crippen LogP) is -1.36. The Morgan fingerprint density at radius 1 is 0.875 bits per heavy atom. The highest BCUT2D eigenvalue weighted by atomic mass is 16.4. The highest BCUT2D eigenvalue weighted by Gasteiger charge is 2.31. The van der Waals surface area contributed by atoms with Gasteiger partial charge in [0.25, 0.3) is 0 Å². The summed E-state index contributed by atoms with van der Waals surface area (Å²) in [5.74, 6) is -3.45. The van der Waals surface area contributed by atoms with Crippen LogP contribution in [0.4, 0.5) is 0 Å². The van der Waals surface area contributed by atoms with Gasteiger partial charge >= 0.3 is 5.97 Å². The van der Waals surface area contributed by atoms with Crippen molar-refractivity contribution < 1.29 is 29.4 Å². The van der Waals surface area contributed by atoms with Crippen molar-refractivity contribution in [3.05, 3.63) is 29.8 Å². The summed E-state index contributed by atoms with van der Waals surface area (Å²) in [4.78, 5) is 54.7. The minimum atomic E-state index is -1.27. The number of carbonyl (C=O) groups excluding carboxylic acids is 3. The summed E-state index contributed by atoms with van der Waals surface area (Å²) in [7, 11) is 0. The van der Waals surface area contributed by atoms with Crippen LogP contribution in [0.15, 0.2) is 29.3 Å². The number of aromatic hydroxyl groups is 1. The average Bonchev–Trinajstić information content (AvgIpc) is 2.89. The number of phenolic OH excluding ortho intramolecular Hbond substituents is 1. The van der Waals surface area contributed by atoms with Gasteiger partial charge < -0.3 is 49.1 Å². The number of rotatable bonds is 18. The van der Waals surface area contributed by atoms with E-state index < -0.39 is 47.9 Å². The molecule has 0 bridgehead atoms. The van der Waals surface area contributed by atoms with E-state index in [2.05, 4.69) is 20.9 Å². The number of nitrogens with one attached hydrogen (secondary N) is 3. The second kappa shape index (κ2) is 17.6. The smallest absolute Gasteiger partial charge is 0.326 e. The number of aliphatic imine (C=N–C) groups is 1. The fourth-order valence-electron chi connectivity index (χ4n) is 3.81. The van der Waals surface area contributed by atoms with Crippen LogP contribution in [-0.4, -0.2) is 77.1 Å². The van der Waals surface area contributed by atoms with E-state index in [1.807, 2.05) is 0 Å². The van der Waals surface area contributed by atoms with Crippen LogP contribution in [-0.2, 0) is 25.6 Å². The van der Waals surface area contributed by atoms with Crippen LogP contribution in [0.5, 0.6) is 5.75 Å². The van der Waals surface area contributed by atoms with Gasteiger partial charge in [-0.2, -0.15) is 0 Å². The van der Waals surface area contributed by atoms with Gasteiger partial charge in [0.1, 0.15) is 23.9 Å². The Labute approximate surface area is 234 Å². The highest BCUT2D eigenvalue weighted by molar-refractivity contribution is 5.94. The van der Waals surface area contributed by atoms with Crippen LogP contribution in [0.2, 0.25) is 0 Å². The molecular weight excluding hydrogens is 520 g/mol. The maximum atomic E-state index is 13.2. The van der Waals surface area contributed by atoms with Crippen molar-refractivity contribution in [2.45, 2.75) is 76.5 Å². The Balaban J connectivity index is 2.93. The number of guanidine groups is 1. The number of hydrogen-bond donors (Lipinski definition) is 9. The second-order valence-electron chi connectivity index (χ2n) is 9.90. The minimum absolute atomic E-state index is 0.0287. The second-order valence-corrected chi connectivity index (χ2v) is 9.90. The van der Waals surface area contributed by atoms with E-state index in [0.29, 0.717) is 37.9 Å². The van der Waals surface area contributed by atoms with E-state index in [1.54, 1.807) is 26.0 Å². The van der Waals surface area contributed by atoms with Gasteiger partial charge in [-0.05, 0) is 62.3 Å². The molecule has 0 spiro atoms. The van der Waals surface area contributed by atoms with Gasteiger partial charge in [0.15, 0.2) is 5.96 Å². The summed E-state index contributed by atoms with van der Waals surface area (Å²) in [6, 6.07) is 1.72. The molecule has 0 aliphatic heterocycles. The number of nitrogens with zero attached hydrogens (tertiary/aromatic N) is 1. The van der Waals surface area contributed by atoms with Crippen molar-refractivity contribution in [1.29, 1.82) is 0 Å². The zero-order chi connectivity index (χ0) is 30.2. The number of benzene rings is 1. The van der Waals surface area contributed by atoms with Crippen molar-refractivity contribution in [2.24, 2.45) is 33.8 Å². The summed E-state index contributed by atoms with van der Waals surface area (Å²) < 4.78 is 0. The van der Waals surface area contributed by atoms with Crippen molar-refractivity contribution in [1.82, 2.24) is 16.0 Å². The first-order valence-corrected chi connectivity index (χ1v) is 13.3. The van der Waals surface area contributed by atoms with Gasteiger partial charge in [-0.1, -0.05) is 26.0 Å². The van der Waals surface area contributed by atoms with E-state index in [0.717, 1.165) is 0 Å². The lowest BCUT2D eigenvalue weighted by molar-refractivity contribution is -0.142. The van der Waals surface area contributed by atoms with Crippen molar-refractivity contribution in [3.63, 3.8) is 0 Å². The number of amides is 3. The third kappa shape index (κ3) is 12.8. The third-order valence-corrected chi connectivity index (χ3v) is 6.12.